The predicted octanol–water partition coefficient (Wildman–Crippen LogP) is 5.99. The molecule has 2 nitrogen and oxygen atoms in total. The lowest BCUT2D eigenvalue weighted by Gasteiger charge is -2.51. The van der Waals surface area contributed by atoms with Crippen LogP contribution in [0.5, 0.6) is 0 Å². The van der Waals surface area contributed by atoms with Crippen LogP contribution in [0.3, 0.4) is 0 Å². The Morgan fingerprint density at radius 1 is 0.727 bits per heavy atom. The zero-order chi connectivity index (χ0) is 15.0. The molecule has 1 saturated heterocycles. The van der Waals surface area contributed by atoms with E-state index >= 15 is 0 Å². The molecule has 0 N–H and O–H groups in total. The molecule has 0 spiro atoms. The summed E-state index contributed by atoms with van der Waals surface area (Å²) in [5.41, 5.74) is 0.433. The van der Waals surface area contributed by atoms with Gasteiger partial charge in [-0.2, -0.15) is 0 Å². The molecule has 4 fully saturated rings. The van der Waals surface area contributed by atoms with Crippen molar-refractivity contribution in [1.82, 2.24) is 0 Å². The van der Waals surface area contributed by atoms with Gasteiger partial charge in [-0.15, -0.1) is 0 Å². The largest absolute Gasteiger partial charge is 0.325 e. The Bertz CT molecular complexity index is 423. The van der Waals surface area contributed by atoms with Gasteiger partial charge in [-0.25, -0.2) is 0 Å². The summed E-state index contributed by atoms with van der Waals surface area (Å²) in [4.78, 5) is 0. The first kappa shape index (κ1) is 15.7. The Morgan fingerprint density at radius 2 is 1.36 bits per heavy atom. The Labute approximate surface area is 136 Å². The topological polar surface area (TPSA) is 26.3 Å². The second-order valence-corrected chi connectivity index (χ2v) is 11.2. The van der Waals surface area contributed by atoms with Gasteiger partial charge in [0.15, 0.2) is 0 Å². The Morgan fingerprint density at radius 3 is 2.18 bits per heavy atom. The molecule has 0 amide bonds. The summed E-state index contributed by atoms with van der Waals surface area (Å²) in [7, 11) is -2.40. The fourth-order valence-corrected chi connectivity index (χ4v) is 9.94. The number of rotatable bonds is 2. The SMILES string of the molecule is O=P1(CC2CCCCC2)OC2CCCCC2C2CCCCC21. The van der Waals surface area contributed by atoms with Gasteiger partial charge in [0.05, 0.1) is 6.10 Å². The van der Waals surface area contributed by atoms with Crippen molar-refractivity contribution < 1.29 is 9.09 Å². The molecule has 0 aromatic rings. The van der Waals surface area contributed by atoms with Crippen molar-refractivity contribution in [2.45, 2.75) is 95.2 Å². The minimum Gasteiger partial charge on any atom is -0.325 e. The van der Waals surface area contributed by atoms with Gasteiger partial charge in [0.2, 0.25) is 7.37 Å². The van der Waals surface area contributed by atoms with Crippen LogP contribution in [0.15, 0.2) is 0 Å². The van der Waals surface area contributed by atoms with Crippen molar-refractivity contribution in [3.05, 3.63) is 0 Å². The molecule has 1 aliphatic heterocycles. The molecule has 126 valence electrons. The molecule has 22 heavy (non-hydrogen) atoms. The van der Waals surface area contributed by atoms with Crippen LogP contribution in [0, 0.1) is 17.8 Å². The summed E-state index contributed by atoms with van der Waals surface area (Å²) in [6, 6.07) is 0. The van der Waals surface area contributed by atoms with Crippen molar-refractivity contribution in [2.75, 3.05) is 6.16 Å². The molecule has 4 rings (SSSR count). The summed E-state index contributed by atoms with van der Waals surface area (Å²) in [5.74, 6) is 2.18. The fraction of sp³-hybridized carbons (Fsp3) is 1.00. The van der Waals surface area contributed by atoms with Crippen LogP contribution in [0.25, 0.3) is 0 Å². The van der Waals surface area contributed by atoms with Gasteiger partial charge in [0.25, 0.3) is 0 Å². The minimum absolute atomic E-state index is 0.350. The average Bonchev–Trinajstić information content (AvgIpc) is 2.56. The molecule has 3 saturated carbocycles. The van der Waals surface area contributed by atoms with E-state index in [2.05, 4.69) is 0 Å². The van der Waals surface area contributed by atoms with Crippen LogP contribution in [0.2, 0.25) is 0 Å². The highest BCUT2D eigenvalue weighted by Gasteiger charge is 2.52. The quantitative estimate of drug-likeness (QED) is 0.583. The third-order valence-electron chi connectivity index (χ3n) is 7.14. The van der Waals surface area contributed by atoms with Crippen LogP contribution in [-0.2, 0) is 9.09 Å². The molecule has 0 aromatic carbocycles. The Kier molecular flexibility index (Phi) is 4.71. The van der Waals surface area contributed by atoms with Crippen molar-refractivity contribution in [3.63, 3.8) is 0 Å². The molecule has 5 atom stereocenters. The molecule has 0 bridgehead atoms. The van der Waals surface area contributed by atoms with Crippen LogP contribution in [0.4, 0.5) is 0 Å². The van der Waals surface area contributed by atoms with E-state index in [9.17, 15) is 4.57 Å². The first-order chi connectivity index (χ1) is 10.8. The minimum atomic E-state index is -2.40. The lowest BCUT2D eigenvalue weighted by molar-refractivity contribution is 0.0164. The molecule has 0 aromatic heterocycles. The van der Waals surface area contributed by atoms with Gasteiger partial charge >= 0.3 is 0 Å². The molecular formula is C19H33O2P. The molecule has 5 unspecified atom stereocenters. The van der Waals surface area contributed by atoms with Crippen molar-refractivity contribution >= 4 is 7.37 Å². The molecule has 4 aliphatic rings. The maximum Gasteiger partial charge on any atom is 0.206 e. The van der Waals surface area contributed by atoms with Crippen LogP contribution >= 0.6 is 7.37 Å². The highest BCUT2D eigenvalue weighted by Crippen LogP contribution is 2.67. The lowest BCUT2D eigenvalue weighted by atomic mass is 9.71. The van der Waals surface area contributed by atoms with E-state index in [-0.39, 0.29) is 0 Å². The van der Waals surface area contributed by atoms with E-state index in [1.807, 2.05) is 0 Å². The second-order valence-electron chi connectivity index (χ2n) is 8.52. The predicted molar refractivity (Wildman–Crippen MR) is 91.6 cm³/mol. The normalized spacial score (nSPS) is 46.7. The van der Waals surface area contributed by atoms with Crippen LogP contribution < -0.4 is 0 Å². The Balaban J connectivity index is 1.55. The van der Waals surface area contributed by atoms with Crippen molar-refractivity contribution in [3.8, 4) is 0 Å². The van der Waals surface area contributed by atoms with Crippen LogP contribution in [0.1, 0.15) is 83.5 Å². The maximum atomic E-state index is 13.9. The first-order valence-electron chi connectivity index (χ1n) is 10.0. The number of fused-ring (bicyclic) bond motifs is 3. The van der Waals surface area contributed by atoms with Gasteiger partial charge in [0, 0.05) is 11.8 Å². The van der Waals surface area contributed by atoms with Gasteiger partial charge in [0.1, 0.15) is 0 Å². The smallest absolute Gasteiger partial charge is 0.206 e. The standard InChI is InChI=1S/C19H33O2P/c20-22(14-15-8-2-1-3-9-15)19-13-7-5-11-17(19)16-10-4-6-12-18(16)21-22/h15-19H,1-14H2. The monoisotopic (exact) mass is 324 g/mol. The second kappa shape index (κ2) is 6.60. The lowest BCUT2D eigenvalue weighted by Crippen LogP contribution is -2.46. The molecule has 3 heteroatoms. The van der Waals surface area contributed by atoms with E-state index < -0.39 is 7.37 Å². The van der Waals surface area contributed by atoms with Gasteiger partial charge < -0.3 is 4.52 Å². The zero-order valence-corrected chi connectivity index (χ0v) is 14.9. The molecule has 3 aliphatic carbocycles. The first-order valence-corrected chi connectivity index (χ1v) is 11.9. The summed E-state index contributed by atoms with van der Waals surface area (Å²) in [6.45, 7) is 0. The number of hydrogen-bond acceptors (Lipinski definition) is 2. The van der Waals surface area contributed by atoms with E-state index in [1.165, 1.54) is 83.5 Å². The maximum absolute atomic E-state index is 13.9. The van der Waals surface area contributed by atoms with Gasteiger partial charge in [-0.3, -0.25) is 4.57 Å². The third-order valence-corrected chi connectivity index (χ3v) is 10.4. The molecule has 0 radical (unpaired) electrons. The average molecular weight is 324 g/mol. The zero-order valence-electron chi connectivity index (χ0n) is 14.0. The van der Waals surface area contributed by atoms with Crippen LogP contribution in [-0.4, -0.2) is 17.9 Å². The van der Waals surface area contributed by atoms with Gasteiger partial charge in [-0.05, 0) is 56.3 Å². The molecule has 1 heterocycles. The Hall–Kier alpha value is 0.190. The highest BCUT2D eigenvalue weighted by molar-refractivity contribution is 7.59. The third kappa shape index (κ3) is 2.95. The highest BCUT2D eigenvalue weighted by atomic mass is 31.2. The number of hydrogen-bond donors (Lipinski definition) is 0. The van der Waals surface area contributed by atoms with Gasteiger partial charge in [-0.1, -0.05) is 44.9 Å². The fourth-order valence-electron chi connectivity index (χ4n) is 6.09. The summed E-state index contributed by atoms with van der Waals surface area (Å²) in [6.07, 6.45) is 18.4. The van der Waals surface area contributed by atoms with E-state index in [0.29, 0.717) is 17.7 Å². The van der Waals surface area contributed by atoms with Crippen molar-refractivity contribution in [2.24, 2.45) is 17.8 Å². The van der Waals surface area contributed by atoms with Crippen molar-refractivity contribution in [1.29, 1.82) is 0 Å². The van der Waals surface area contributed by atoms with E-state index in [1.54, 1.807) is 0 Å². The summed E-state index contributed by atoms with van der Waals surface area (Å²) in [5, 5.41) is 0. The summed E-state index contributed by atoms with van der Waals surface area (Å²) < 4.78 is 20.4. The summed E-state index contributed by atoms with van der Waals surface area (Å²) >= 11 is 0. The van der Waals surface area contributed by atoms with E-state index in [4.69, 9.17) is 4.52 Å². The molecular weight excluding hydrogens is 291 g/mol. The van der Waals surface area contributed by atoms with E-state index in [0.717, 1.165) is 18.0 Å².